The van der Waals surface area contributed by atoms with E-state index in [4.69, 9.17) is 4.74 Å². The predicted octanol–water partition coefficient (Wildman–Crippen LogP) is 5.22. The summed E-state index contributed by atoms with van der Waals surface area (Å²) in [6.45, 7) is 11.3. The molecule has 0 aliphatic rings. The lowest BCUT2D eigenvalue weighted by Gasteiger charge is -2.23. The Kier molecular flexibility index (Phi) is 8.28. The maximum absolute atomic E-state index is 5.38. The van der Waals surface area contributed by atoms with Crippen LogP contribution in [0.1, 0.15) is 32.3 Å². The number of ether oxygens (including phenoxy) is 1. The fourth-order valence-corrected chi connectivity index (χ4v) is 3.85. The summed E-state index contributed by atoms with van der Waals surface area (Å²) in [5, 5.41) is 8.98. The molecular weight excluding hydrogens is 344 g/mol. The molecule has 3 heteroatoms. The number of nitrogens with zero attached hydrogens (tertiary/aromatic N) is 1. The summed E-state index contributed by atoms with van der Waals surface area (Å²) in [5.74, 6) is 0. The van der Waals surface area contributed by atoms with Crippen molar-refractivity contribution in [2.75, 3.05) is 39.4 Å². The van der Waals surface area contributed by atoms with Crippen LogP contribution in [-0.4, -0.2) is 44.3 Å². The Bertz CT molecular complexity index is 807. The van der Waals surface area contributed by atoms with Gasteiger partial charge in [-0.2, -0.15) is 0 Å². The molecule has 150 valence electrons. The molecule has 3 aromatic carbocycles. The van der Waals surface area contributed by atoms with Crippen molar-refractivity contribution in [3.63, 3.8) is 0 Å². The fraction of sp³-hybridized carbons (Fsp3) is 0.440. The smallest absolute Gasteiger partial charge is 0.0477 e. The molecule has 0 saturated carbocycles. The maximum atomic E-state index is 5.38. The molecule has 0 atom stereocenters. The van der Waals surface area contributed by atoms with Gasteiger partial charge in [0.2, 0.25) is 0 Å². The molecule has 0 radical (unpaired) electrons. The number of rotatable bonds is 12. The monoisotopic (exact) mass is 378 g/mol. The van der Waals surface area contributed by atoms with Gasteiger partial charge in [-0.3, -0.25) is 4.90 Å². The fourth-order valence-electron chi connectivity index (χ4n) is 3.85. The Balaban J connectivity index is 1.63. The zero-order valence-corrected chi connectivity index (χ0v) is 17.4. The van der Waals surface area contributed by atoms with Crippen LogP contribution in [0.25, 0.3) is 21.5 Å². The summed E-state index contributed by atoms with van der Waals surface area (Å²) in [5.41, 5.74) is 1.46. The van der Waals surface area contributed by atoms with E-state index < -0.39 is 0 Å². The molecule has 0 aromatic heterocycles. The second-order valence-electron chi connectivity index (χ2n) is 7.32. The van der Waals surface area contributed by atoms with Crippen molar-refractivity contribution < 1.29 is 4.74 Å². The minimum Gasteiger partial charge on any atom is -0.382 e. The molecule has 3 aromatic rings. The summed E-state index contributed by atoms with van der Waals surface area (Å²) >= 11 is 0. The van der Waals surface area contributed by atoms with Crippen molar-refractivity contribution in [3.05, 3.63) is 60.2 Å². The molecule has 0 aliphatic heterocycles. The summed E-state index contributed by atoms with van der Waals surface area (Å²) in [6.07, 6.45) is 2.26. The predicted molar refractivity (Wildman–Crippen MR) is 121 cm³/mol. The normalized spacial score (nSPS) is 11.7. The molecule has 1 N–H and O–H groups in total. The van der Waals surface area contributed by atoms with E-state index in [1.807, 2.05) is 6.92 Å². The van der Waals surface area contributed by atoms with Crippen LogP contribution in [0.5, 0.6) is 0 Å². The Hall–Kier alpha value is -1.94. The first-order chi connectivity index (χ1) is 13.8. The maximum Gasteiger partial charge on any atom is 0.0477 e. The van der Waals surface area contributed by atoms with Gasteiger partial charge in [-0.05, 0) is 79.1 Å². The summed E-state index contributed by atoms with van der Waals surface area (Å²) in [7, 11) is 0. The van der Waals surface area contributed by atoms with Gasteiger partial charge in [-0.25, -0.2) is 0 Å². The Morgan fingerprint density at radius 1 is 0.857 bits per heavy atom. The van der Waals surface area contributed by atoms with Gasteiger partial charge in [-0.15, -0.1) is 0 Å². The van der Waals surface area contributed by atoms with Gasteiger partial charge in [-0.1, -0.05) is 55.5 Å². The molecule has 0 bridgehead atoms. The molecule has 0 fully saturated rings. The van der Waals surface area contributed by atoms with Crippen LogP contribution in [0.3, 0.4) is 0 Å². The second kappa shape index (κ2) is 11.2. The molecule has 0 heterocycles. The quantitative estimate of drug-likeness (QED) is 0.345. The van der Waals surface area contributed by atoms with Gasteiger partial charge >= 0.3 is 0 Å². The highest BCUT2D eigenvalue weighted by Crippen LogP contribution is 2.29. The molecule has 0 saturated heterocycles. The van der Waals surface area contributed by atoms with Crippen molar-refractivity contribution in [2.24, 2.45) is 0 Å². The highest BCUT2D eigenvalue weighted by atomic mass is 16.5. The molecule has 0 aliphatic carbocycles. The van der Waals surface area contributed by atoms with Gasteiger partial charge in [0.15, 0.2) is 0 Å². The molecule has 0 amide bonds. The van der Waals surface area contributed by atoms with E-state index in [1.54, 1.807) is 0 Å². The molecule has 28 heavy (non-hydrogen) atoms. The first-order valence-electron chi connectivity index (χ1n) is 10.7. The third kappa shape index (κ3) is 5.54. The van der Waals surface area contributed by atoms with Gasteiger partial charge in [0.25, 0.3) is 0 Å². The minimum absolute atomic E-state index is 0.814. The van der Waals surface area contributed by atoms with Crippen molar-refractivity contribution in [2.45, 2.75) is 33.2 Å². The Labute approximate surface area is 169 Å². The van der Waals surface area contributed by atoms with E-state index in [-0.39, 0.29) is 0 Å². The topological polar surface area (TPSA) is 24.5 Å². The van der Waals surface area contributed by atoms with E-state index in [9.17, 15) is 0 Å². The van der Waals surface area contributed by atoms with Crippen molar-refractivity contribution >= 4 is 21.5 Å². The van der Waals surface area contributed by atoms with Crippen LogP contribution >= 0.6 is 0 Å². The average molecular weight is 379 g/mol. The van der Waals surface area contributed by atoms with Gasteiger partial charge in [0.05, 0.1) is 0 Å². The zero-order valence-electron chi connectivity index (χ0n) is 17.4. The summed E-state index contributed by atoms with van der Waals surface area (Å²) in [6, 6.07) is 19.9. The largest absolute Gasteiger partial charge is 0.382 e. The summed E-state index contributed by atoms with van der Waals surface area (Å²) < 4.78 is 5.38. The first-order valence-corrected chi connectivity index (χ1v) is 10.7. The Morgan fingerprint density at radius 2 is 1.50 bits per heavy atom. The lowest BCUT2D eigenvalue weighted by Crippen LogP contribution is -2.28. The van der Waals surface area contributed by atoms with Gasteiger partial charge in [0.1, 0.15) is 0 Å². The number of hydrogen-bond donors (Lipinski definition) is 1. The van der Waals surface area contributed by atoms with Gasteiger partial charge in [0, 0.05) is 19.8 Å². The van der Waals surface area contributed by atoms with Crippen LogP contribution in [0, 0.1) is 0 Å². The molecule has 0 unspecified atom stereocenters. The lowest BCUT2D eigenvalue weighted by atomic mass is 9.96. The number of fused-ring (bicyclic) bond motifs is 2. The third-order valence-corrected chi connectivity index (χ3v) is 5.39. The number of nitrogens with one attached hydrogen (secondary N) is 1. The SMILES string of the molecule is CCOCCCNCCCN(CC)Cc1c2ccccc2cc2ccccc12. The number of hydrogen-bond acceptors (Lipinski definition) is 3. The third-order valence-electron chi connectivity index (χ3n) is 5.39. The van der Waals surface area contributed by atoms with E-state index in [1.165, 1.54) is 33.5 Å². The van der Waals surface area contributed by atoms with Crippen LogP contribution < -0.4 is 5.32 Å². The van der Waals surface area contributed by atoms with Crippen LogP contribution in [-0.2, 0) is 11.3 Å². The molecule has 3 nitrogen and oxygen atoms in total. The van der Waals surface area contributed by atoms with E-state index in [2.05, 4.69) is 71.7 Å². The van der Waals surface area contributed by atoms with Crippen LogP contribution in [0.15, 0.2) is 54.6 Å². The van der Waals surface area contributed by atoms with Crippen molar-refractivity contribution in [1.82, 2.24) is 10.2 Å². The molecular formula is C25H34N2O. The van der Waals surface area contributed by atoms with E-state index in [0.29, 0.717) is 0 Å². The molecule has 0 spiro atoms. The highest BCUT2D eigenvalue weighted by Gasteiger charge is 2.11. The summed E-state index contributed by atoms with van der Waals surface area (Å²) in [4.78, 5) is 2.57. The van der Waals surface area contributed by atoms with Crippen molar-refractivity contribution in [1.29, 1.82) is 0 Å². The average Bonchev–Trinajstić information content (AvgIpc) is 2.74. The molecule has 3 rings (SSSR count). The van der Waals surface area contributed by atoms with Gasteiger partial charge < -0.3 is 10.1 Å². The van der Waals surface area contributed by atoms with Crippen LogP contribution in [0.4, 0.5) is 0 Å². The zero-order chi connectivity index (χ0) is 19.6. The van der Waals surface area contributed by atoms with Crippen LogP contribution in [0.2, 0.25) is 0 Å². The van der Waals surface area contributed by atoms with Crippen molar-refractivity contribution in [3.8, 4) is 0 Å². The lowest BCUT2D eigenvalue weighted by molar-refractivity contribution is 0.144. The highest BCUT2D eigenvalue weighted by molar-refractivity contribution is 6.02. The first kappa shape index (κ1) is 20.8. The number of benzene rings is 3. The van der Waals surface area contributed by atoms with E-state index >= 15 is 0 Å². The second-order valence-corrected chi connectivity index (χ2v) is 7.32. The standard InChI is InChI=1S/C25H34N2O/c1-3-27(17-9-15-26-16-10-18-28-4-2)20-25-23-13-7-5-11-21(23)19-22-12-6-8-14-24(22)25/h5-8,11-14,19,26H,3-4,9-10,15-18,20H2,1-2H3. The van der Waals surface area contributed by atoms with E-state index in [0.717, 1.165) is 52.4 Å². The Morgan fingerprint density at radius 3 is 2.14 bits per heavy atom. The minimum atomic E-state index is 0.814.